The number of aryl methyl sites for hydroxylation is 4. The maximum Gasteiger partial charge on any atom is 0.260 e. The zero-order valence-electron chi connectivity index (χ0n) is 18.4. The van der Waals surface area contributed by atoms with Crippen molar-refractivity contribution in [2.75, 3.05) is 0 Å². The molecule has 1 aromatic carbocycles. The summed E-state index contributed by atoms with van der Waals surface area (Å²) in [4.78, 5) is 38.1. The summed E-state index contributed by atoms with van der Waals surface area (Å²) in [6.07, 6.45) is 2.40. The predicted octanol–water partition coefficient (Wildman–Crippen LogP) is 3.71. The normalized spacial score (nSPS) is 11.1. The number of benzene rings is 1. The van der Waals surface area contributed by atoms with E-state index in [1.165, 1.54) is 0 Å². The second-order valence-corrected chi connectivity index (χ2v) is 7.97. The van der Waals surface area contributed by atoms with Gasteiger partial charge in [0.05, 0.1) is 5.69 Å². The average molecular weight is 428 g/mol. The van der Waals surface area contributed by atoms with E-state index in [2.05, 4.69) is 15.0 Å². The Bertz CT molecular complexity index is 1390. The fourth-order valence-corrected chi connectivity index (χ4v) is 3.89. The van der Waals surface area contributed by atoms with Crippen molar-refractivity contribution in [2.24, 2.45) is 5.73 Å². The van der Waals surface area contributed by atoms with Crippen LogP contribution >= 0.6 is 0 Å². The van der Waals surface area contributed by atoms with Crippen LogP contribution in [0.2, 0.25) is 0 Å². The van der Waals surface area contributed by atoms with Crippen molar-refractivity contribution < 1.29 is 4.79 Å². The molecule has 3 aromatic heterocycles. The molecule has 0 unspecified atom stereocenters. The van der Waals surface area contributed by atoms with Crippen LogP contribution in [-0.4, -0.2) is 25.4 Å². The van der Waals surface area contributed by atoms with E-state index in [0.717, 1.165) is 33.5 Å². The molecule has 2 N–H and O–H groups in total. The Hall–Kier alpha value is -3.87. The number of nitrogens with two attached hydrogens (primary N) is 1. The molecule has 0 radical (unpaired) electrons. The van der Waals surface area contributed by atoms with E-state index in [1.807, 2.05) is 56.3 Å². The van der Waals surface area contributed by atoms with Gasteiger partial charge in [0.1, 0.15) is 11.5 Å². The number of carbonyl (C=O) groups excluding carboxylic acids is 1. The number of rotatable bonds is 6. The summed E-state index contributed by atoms with van der Waals surface area (Å²) in [5, 5.41) is 0.771. The second-order valence-electron chi connectivity index (χ2n) is 7.97. The minimum atomic E-state index is -0.388. The highest BCUT2D eigenvalue weighted by Crippen LogP contribution is 2.28. The van der Waals surface area contributed by atoms with Crippen molar-refractivity contribution in [1.82, 2.24) is 19.5 Å². The van der Waals surface area contributed by atoms with E-state index in [1.54, 1.807) is 17.7 Å². The zero-order valence-corrected chi connectivity index (χ0v) is 18.4. The van der Waals surface area contributed by atoms with Crippen molar-refractivity contribution in [3.05, 3.63) is 76.1 Å². The van der Waals surface area contributed by atoms with Gasteiger partial charge in [-0.3, -0.25) is 19.1 Å². The number of nitrogens with zero attached hydrogens (tertiary/aromatic N) is 4. The minimum absolute atomic E-state index is 0.149. The number of hydrogen-bond donors (Lipinski definition) is 1. The van der Waals surface area contributed by atoms with Crippen LogP contribution in [0.15, 0.2) is 53.5 Å². The largest absolute Gasteiger partial charge is 0.370 e. The number of amides is 1. The van der Waals surface area contributed by atoms with Gasteiger partial charge in [0.2, 0.25) is 5.91 Å². The fraction of sp³-hybridized carbons (Fsp3) is 0.240. The van der Waals surface area contributed by atoms with Crippen molar-refractivity contribution >= 4 is 16.9 Å². The Kier molecular flexibility index (Phi) is 5.81. The molecule has 0 saturated carbocycles. The van der Waals surface area contributed by atoms with Gasteiger partial charge in [-0.05, 0) is 62.6 Å². The topological polar surface area (TPSA) is 104 Å². The first kappa shape index (κ1) is 21.4. The van der Waals surface area contributed by atoms with Crippen LogP contribution in [-0.2, 0) is 11.3 Å². The van der Waals surface area contributed by atoms with Crippen LogP contribution in [0.4, 0.5) is 0 Å². The molecule has 0 aliphatic heterocycles. The lowest BCUT2D eigenvalue weighted by Gasteiger charge is -2.14. The molecule has 0 aliphatic rings. The van der Waals surface area contributed by atoms with Gasteiger partial charge < -0.3 is 5.73 Å². The van der Waals surface area contributed by atoms with Crippen LogP contribution < -0.4 is 11.3 Å². The lowest BCUT2D eigenvalue weighted by Crippen LogP contribution is -2.24. The molecular formula is C25H25N5O2. The lowest BCUT2D eigenvalue weighted by molar-refractivity contribution is -0.118. The molecule has 7 heteroatoms. The van der Waals surface area contributed by atoms with E-state index in [0.29, 0.717) is 30.0 Å². The molecule has 162 valence electrons. The molecule has 1 amide bonds. The SMILES string of the molecule is Cc1cccc(-c2ccc(-c3cc4cnc(C)nc4n(CCCC(N)=O)c3=O)c(C)c2)n1. The Labute approximate surface area is 186 Å². The molecule has 0 spiro atoms. The zero-order chi connectivity index (χ0) is 22.8. The lowest BCUT2D eigenvalue weighted by atomic mass is 9.97. The van der Waals surface area contributed by atoms with E-state index in [4.69, 9.17) is 5.73 Å². The molecule has 7 nitrogen and oxygen atoms in total. The van der Waals surface area contributed by atoms with E-state index < -0.39 is 0 Å². The van der Waals surface area contributed by atoms with Gasteiger partial charge in [-0.15, -0.1) is 0 Å². The Morgan fingerprint density at radius 2 is 1.84 bits per heavy atom. The number of pyridine rings is 2. The van der Waals surface area contributed by atoms with E-state index in [-0.39, 0.29) is 17.9 Å². The fourth-order valence-electron chi connectivity index (χ4n) is 3.89. The molecule has 0 bridgehead atoms. The van der Waals surface area contributed by atoms with Crippen molar-refractivity contribution in [2.45, 2.75) is 40.2 Å². The molecule has 3 heterocycles. The van der Waals surface area contributed by atoms with Gasteiger partial charge in [-0.25, -0.2) is 9.97 Å². The molecule has 4 rings (SSSR count). The van der Waals surface area contributed by atoms with Gasteiger partial charge in [0, 0.05) is 41.4 Å². The molecule has 0 fully saturated rings. The number of aromatic nitrogens is 4. The predicted molar refractivity (Wildman–Crippen MR) is 125 cm³/mol. The number of carbonyl (C=O) groups is 1. The van der Waals surface area contributed by atoms with E-state index >= 15 is 0 Å². The first-order chi connectivity index (χ1) is 15.3. The maximum absolute atomic E-state index is 13.5. The van der Waals surface area contributed by atoms with Gasteiger partial charge >= 0.3 is 0 Å². The highest BCUT2D eigenvalue weighted by Gasteiger charge is 2.15. The van der Waals surface area contributed by atoms with Crippen LogP contribution in [0.3, 0.4) is 0 Å². The van der Waals surface area contributed by atoms with Crippen molar-refractivity contribution in [3.8, 4) is 22.4 Å². The standard InChI is InChI=1S/C25H25N5O2/c1-15-12-18(22-7-4-6-16(2)28-22)9-10-20(15)21-13-19-14-27-17(3)29-24(19)30(25(21)32)11-5-8-23(26)31/h4,6-7,9-10,12-14H,5,8,11H2,1-3H3,(H2,26,31). The highest BCUT2D eigenvalue weighted by molar-refractivity contribution is 5.82. The Balaban J connectivity index is 1.83. The highest BCUT2D eigenvalue weighted by atomic mass is 16.1. The second kappa shape index (κ2) is 8.70. The monoisotopic (exact) mass is 427 g/mol. The summed E-state index contributed by atoms with van der Waals surface area (Å²) in [5.74, 6) is 0.194. The van der Waals surface area contributed by atoms with Crippen LogP contribution in [0.5, 0.6) is 0 Å². The quantitative estimate of drug-likeness (QED) is 0.505. The number of fused-ring (bicyclic) bond motifs is 1. The summed E-state index contributed by atoms with van der Waals surface area (Å²) >= 11 is 0. The van der Waals surface area contributed by atoms with Gasteiger partial charge in [-0.1, -0.05) is 18.2 Å². The Morgan fingerprint density at radius 1 is 1.03 bits per heavy atom. The van der Waals surface area contributed by atoms with Gasteiger partial charge in [0.25, 0.3) is 5.56 Å². The molecule has 4 aromatic rings. The van der Waals surface area contributed by atoms with Crippen LogP contribution in [0.1, 0.15) is 29.9 Å². The number of primary amides is 1. The first-order valence-electron chi connectivity index (χ1n) is 10.5. The van der Waals surface area contributed by atoms with Gasteiger partial charge in [-0.2, -0.15) is 0 Å². The van der Waals surface area contributed by atoms with Gasteiger partial charge in [0.15, 0.2) is 0 Å². The van der Waals surface area contributed by atoms with Crippen LogP contribution in [0.25, 0.3) is 33.4 Å². The van der Waals surface area contributed by atoms with Crippen molar-refractivity contribution in [3.63, 3.8) is 0 Å². The third kappa shape index (κ3) is 4.27. The van der Waals surface area contributed by atoms with E-state index in [9.17, 15) is 9.59 Å². The minimum Gasteiger partial charge on any atom is -0.370 e. The third-order valence-corrected chi connectivity index (χ3v) is 5.45. The Morgan fingerprint density at radius 3 is 2.56 bits per heavy atom. The molecule has 0 atom stereocenters. The molecule has 32 heavy (non-hydrogen) atoms. The summed E-state index contributed by atoms with van der Waals surface area (Å²) in [6, 6.07) is 13.7. The summed E-state index contributed by atoms with van der Waals surface area (Å²) in [7, 11) is 0. The smallest absolute Gasteiger partial charge is 0.260 e. The van der Waals surface area contributed by atoms with Crippen molar-refractivity contribution in [1.29, 1.82) is 0 Å². The third-order valence-electron chi connectivity index (χ3n) is 5.45. The summed E-state index contributed by atoms with van der Waals surface area (Å²) in [5.41, 5.74) is 10.9. The summed E-state index contributed by atoms with van der Waals surface area (Å²) < 4.78 is 1.62. The maximum atomic E-state index is 13.5. The number of hydrogen-bond acceptors (Lipinski definition) is 5. The van der Waals surface area contributed by atoms with Crippen LogP contribution in [0, 0.1) is 20.8 Å². The molecular weight excluding hydrogens is 402 g/mol. The summed E-state index contributed by atoms with van der Waals surface area (Å²) in [6.45, 7) is 6.09. The molecule has 0 aliphatic carbocycles. The average Bonchev–Trinajstić information content (AvgIpc) is 2.75. The first-order valence-corrected chi connectivity index (χ1v) is 10.5. The molecule has 0 saturated heterocycles.